The third kappa shape index (κ3) is 2.77. The molecule has 122 valence electrons. The van der Waals surface area contributed by atoms with Crippen LogP contribution in [0.1, 0.15) is 25.3 Å². The van der Waals surface area contributed by atoms with E-state index >= 15 is 0 Å². The molecule has 3 atom stereocenters. The summed E-state index contributed by atoms with van der Waals surface area (Å²) in [6.45, 7) is 4.02. The highest BCUT2D eigenvalue weighted by atomic mass is 32.2. The molecule has 7 heteroatoms. The Balaban J connectivity index is 2.48. The molecule has 22 heavy (non-hydrogen) atoms. The van der Waals surface area contributed by atoms with Crippen molar-refractivity contribution >= 4 is 27.0 Å². The van der Waals surface area contributed by atoms with Gasteiger partial charge in [0, 0.05) is 18.3 Å². The molecule has 2 N–H and O–H groups in total. The molecular weight excluding hydrogens is 325 g/mol. The van der Waals surface area contributed by atoms with Gasteiger partial charge in [0.2, 0.25) is 0 Å². The second-order valence-electron chi connectivity index (χ2n) is 5.44. The lowest BCUT2D eigenvalue weighted by molar-refractivity contribution is 0.121. The minimum absolute atomic E-state index is 0.00580. The molecule has 0 saturated heterocycles. The van der Waals surface area contributed by atoms with E-state index in [-0.39, 0.29) is 29.1 Å². The van der Waals surface area contributed by atoms with Gasteiger partial charge in [-0.05, 0) is 24.6 Å². The quantitative estimate of drug-likeness (QED) is 0.766. The van der Waals surface area contributed by atoms with Crippen molar-refractivity contribution in [2.45, 2.75) is 25.0 Å². The van der Waals surface area contributed by atoms with Gasteiger partial charge in [-0.25, -0.2) is 12.8 Å². The minimum atomic E-state index is -3.36. The van der Waals surface area contributed by atoms with Gasteiger partial charge < -0.3 is 10.5 Å². The van der Waals surface area contributed by atoms with Crippen molar-refractivity contribution in [2.75, 3.05) is 19.0 Å². The van der Waals surface area contributed by atoms with Gasteiger partial charge in [0.25, 0.3) is 0 Å². The minimum Gasteiger partial charge on any atom is -0.393 e. The van der Waals surface area contributed by atoms with Crippen molar-refractivity contribution in [1.82, 2.24) is 0 Å². The van der Waals surface area contributed by atoms with Crippen molar-refractivity contribution in [3.05, 3.63) is 35.6 Å². The molecule has 0 bridgehead atoms. The van der Waals surface area contributed by atoms with Gasteiger partial charge in [0.15, 0.2) is 9.84 Å². The average molecular weight is 345 g/mol. The van der Waals surface area contributed by atoms with Gasteiger partial charge in [-0.3, -0.25) is 0 Å². The molecule has 4 nitrogen and oxygen atoms in total. The van der Waals surface area contributed by atoms with Gasteiger partial charge in [-0.1, -0.05) is 31.3 Å². The largest absolute Gasteiger partial charge is 0.393 e. The first-order valence-electron chi connectivity index (χ1n) is 7.16. The fourth-order valence-electron chi connectivity index (χ4n) is 3.06. The average Bonchev–Trinajstić information content (AvgIpc) is 3.17. The second kappa shape index (κ2) is 6.22. The predicted octanol–water partition coefficient (Wildman–Crippen LogP) is 2.04. The van der Waals surface area contributed by atoms with Crippen LogP contribution in [0.2, 0.25) is 0 Å². The van der Waals surface area contributed by atoms with Crippen molar-refractivity contribution < 1.29 is 17.5 Å². The summed E-state index contributed by atoms with van der Waals surface area (Å²) in [4.78, 5) is 0.136. The van der Waals surface area contributed by atoms with Crippen molar-refractivity contribution in [3.8, 4) is 0 Å². The van der Waals surface area contributed by atoms with E-state index in [9.17, 15) is 12.8 Å². The molecule has 2 rings (SSSR count). The van der Waals surface area contributed by atoms with Crippen LogP contribution in [0.3, 0.4) is 0 Å². The number of nitrogens with two attached hydrogens (primary N) is 1. The zero-order valence-electron chi connectivity index (χ0n) is 12.6. The van der Waals surface area contributed by atoms with Crippen LogP contribution in [0.5, 0.6) is 0 Å². The van der Waals surface area contributed by atoms with Crippen molar-refractivity contribution in [2.24, 2.45) is 11.1 Å². The van der Waals surface area contributed by atoms with Gasteiger partial charge >= 0.3 is 0 Å². The van der Waals surface area contributed by atoms with E-state index in [4.69, 9.17) is 22.7 Å². The molecule has 1 aliphatic carbocycles. The molecule has 0 heterocycles. The zero-order chi connectivity index (χ0) is 16.5. The molecule has 1 aliphatic rings. The number of hydrogen-bond donors (Lipinski definition) is 1. The maximum Gasteiger partial charge on any atom is 0.154 e. The summed E-state index contributed by atoms with van der Waals surface area (Å²) in [6.07, 6.45) is 0. The number of benzene rings is 1. The molecule has 0 aromatic heterocycles. The Morgan fingerprint density at radius 1 is 1.36 bits per heavy atom. The molecule has 1 fully saturated rings. The van der Waals surface area contributed by atoms with Gasteiger partial charge in [0.1, 0.15) is 5.82 Å². The Kier molecular flexibility index (Phi) is 4.89. The van der Waals surface area contributed by atoms with Crippen LogP contribution in [-0.4, -0.2) is 37.6 Å². The Hall–Kier alpha value is -1.05. The highest BCUT2D eigenvalue weighted by molar-refractivity contribution is 7.92. The maximum absolute atomic E-state index is 13.1. The van der Waals surface area contributed by atoms with Crippen LogP contribution in [0, 0.1) is 11.2 Å². The molecule has 0 aliphatic heterocycles. The van der Waals surface area contributed by atoms with E-state index in [1.165, 1.54) is 12.1 Å². The third-order valence-corrected chi connectivity index (χ3v) is 6.93. The first kappa shape index (κ1) is 17.3. The topological polar surface area (TPSA) is 69.4 Å². The van der Waals surface area contributed by atoms with E-state index < -0.39 is 20.5 Å². The van der Waals surface area contributed by atoms with Crippen molar-refractivity contribution in [3.63, 3.8) is 0 Å². The summed E-state index contributed by atoms with van der Waals surface area (Å²) in [7, 11) is -3.36. The molecule has 1 saturated carbocycles. The fourth-order valence-corrected chi connectivity index (χ4v) is 5.53. The van der Waals surface area contributed by atoms with E-state index in [1.54, 1.807) is 19.1 Å². The van der Waals surface area contributed by atoms with Crippen LogP contribution in [0.4, 0.5) is 4.39 Å². The Bertz CT molecular complexity index is 660. The van der Waals surface area contributed by atoms with E-state index in [0.717, 1.165) is 5.56 Å². The summed E-state index contributed by atoms with van der Waals surface area (Å²) in [5.41, 5.74) is 5.70. The lowest BCUT2D eigenvalue weighted by atomic mass is 10.00. The molecule has 0 amide bonds. The smallest absolute Gasteiger partial charge is 0.154 e. The number of thiocarbonyl (C=S) groups is 1. The Labute approximate surface area is 135 Å². The van der Waals surface area contributed by atoms with Crippen LogP contribution in [0.25, 0.3) is 0 Å². The monoisotopic (exact) mass is 345 g/mol. The normalized spacial score (nSPS) is 27.6. The molecule has 0 radical (unpaired) electrons. The zero-order valence-corrected chi connectivity index (χ0v) is 14.2. The van der Waals surface area contributed by atoms with Crippen LogP contribution in [0.15, 0.2) is 24.3 Å². The highest BCUT2D eigenvalue weighted by Gasteiger charge is 2.72. The van der Waals surface area contributed by atoms with E-state index in [2.05, 4.69) is 0 Å². The third-order valence-electron chi connectivity index (χ3n) is 4.28. The van der Waals surface area contributed by atoms with Crippen LogP contribution < -0.4 is 5.73 Å². The number of rotatable bonds is 7. The summed E-state index contributed by atoms with van der Waals surface area (Å²) in [5, 5.41) is -0.709. The molecule has 0 spiro atoms. The van der Waals surface area contributed by atoms with Gasteiger partial charge in [-0.15, -0.1) is 0 Å². The number of ether oxygens (including phenoxy) is 1. The second-order valence-corrected chi connectivity index (χ2v) is 8.29. The van der Waals surface area contributed by atoms with Crippen LogP contribution >= 0.6 is 12.2 Å². The number of sulfone groups is 1. The predicted molar refractivity (Wildman–Crippen MR) is 88.1 cm³/mol. The summed E-state index contributed by atoms with van der Waals surface area (Å²) in [6, 6.07) is 5.80. The maximum atomic E-state index is 13.1. The highest BCUT2D eigenvalue weighted by Crippen LogP contribution is 2.63. The standard InChI is InChI=1S/C15H20FNO3S2/c1-3-20-9-15(14(17)21)12(13(15)22(18,19)4-2)10-5-7-11(16)8-6-10/h5-8,12-13H,3-4,9H2,1-2H3,(H2,17,21)/t12-,13-,15-/m0/s1. The van der Waals surface area contributed by atoms with E-state index in [1.807, 2.05) is 6.92 Å². The summed E-state index contributed by atoms with van der Waals surface area (Å²) < 4.78 is 43.5. The lowest BCUT2D eigenvalue weighted by Gasteiger charge is -2.16. The molecule has 1 aromatic rings. The summed E-state index contributed by atoms with van der Waals surface area (Å²) >= 11 is 5.16. The lowest BCUT2D eigenvalue weighted by Crippen LogP contribution is -2.34. The first-order chi connectivity index (χ1) is 10.3. The molecule has 0 unspecified atom stereocenters. The first-order valence-corrected chi connectivity index (χ1v) is 9.28. The Morgan fingerprint density at radius 3 is 2.41 bits per heavy atom. The van der Waals surface area contributed by atoms with E-state index in [0.29, 0.717) is 6.61 Å². The van der Waals surface area contributed by atoms with Gasteiger partial charge in [0.05, 0.1) is 22.3 Å². The number of hydrogen-bond acceptors (Lipinski definition) is 4. The van der Waals surface area contributed by atoms with Crippen LogP contribution in [-0.2, 0) is 14.6 Å². The summed E-state index contributed by atoms with van der Waals surface area (Å²) in [5.74, 6) is -0.751. The van der Waals surface area contributed by atoms with Crippen molar-refractivity contribution in [1.29, 1.82) is 0 Å². The fraction of sp³-hybridized carbons (Fsp3) is 0.533. The SMILES string of the molecule is CCOC[C@]1(C(N)=S)[C@@H](c2ccc(F)cc2)[C@@H]1S(=O)(=O)CC. The molecule has 1 aromatic carbocycles. The number of halogens is 1. The van der Waals surface area contributed by atoms with Gasteiger partial charge in [-0.2, -0.15) is 0 Å². The molecular formula is C15H20FNO3S2. The Morgan fingerprint density at radius 2 is 1.95 bits per heavy atom.